The van der Waals surface area contributed by atoms with E-state index in [0.29, 0.717) is 18.5 Å². The highest BCUT2D eigenvalue weighted by Gasteiger charge is 2.53. The van der Waals surface area contributed by atoms with Crippen molar-refractivity contribution >= 4 is 5.97 Å². The SMILES string of the molecule is O=C(O)C1(c2cn3c(n2)CCCC3)CC(O)C1. The van der Waals surface area contributed by atoms with Gasteiger partial charge in [0, 0.05) is 19.2 Å². The van der Waals surface area contributed by atoms with Gasteiger partial charge in [-0.15, -0.1) is 0 Å². The maximum atomic E-state index is 11.4. The minimum atomic E-state index is -0.941. The summed E-state index contributed by atoms with van der Waals surface area (Å²) in [6, 6.07) is 0. The van der Waals surface area contributed by atoms with Gasteiger partial charge in [-0.2, -0.15) is 0 Å². The van der Waals surface area contributed by atoms with Crippen molar-refractivity contribution in [3.63, 3.8) is 0 Å². The molecule has 2 heterocycles. The van der Waals surface area contributed by atoms with Crippen LogP contribution in [0.5, 0.6) is 0 Å². The van der Waals surface area contributed by atoms with Crippen LogP contribution in [-0.4, -0.2) is 31.8 Å². The van der Waals surface area contributed by atoms with E-state index in [4.69, 9.17) is 0 Å². The number of aliphatic carboxylic acids is 1. The van der Waals surface area contributed by atoms with Gasteiger partial charge in [0.05, 0.1) is 11.8 Å². The minimum Gasteiger partial charge on any atom is -0.481 e. The summed E-state index contributed by atoms with van der Waals surface area (Å²) >= 11 is 0. The van der Waals surface area contributed by atoms with Crippen molar-refractivity contribution in [1.82, 2.24) is 9.55 Å². The fourth-order valence-electron chi connectivity index (χ4n) is 2.88. The Morgan fingerprint density at radius 1 is 1.47 bits per heavy atom. The molecule has 1 aliphatic carbocycles. The van der Waals surface area contributed by atoms with Crippen molar-refractivity contribution in [3.05, 3.63) is 17.7 Å². The van der Waals surface area contributed by atoms with Crippen molar-refractivity contribution in [2.45, 2.75) is 50.2 Å². The molecule has 0 radical (unpaired) electrons. The van der Waals surface area contributed by atoms with Crippen LogP contribution in [0.1, 0.15) is 37.2 Å². The molecule has 1 aromatic rings. The maximum Gasteiger partial charge on any atom is 0.316 e. The molecular weight excluding hydrogens is 220 g/mol. The van der Waals surface area contributed by atoms with Crippen LogP contribution in [0, 0.1) is 0 Å². The largest absolute Gasteiger partial charge is 0.481 e. The molecule has 0 saturated heterocycles. The molecule has 17 heavy (non-hydrogen) atoms. The van der Waals surface area contributed by atoms with E-state index in [1.165, 1.54) is 0 Å². The number of aromatic nitrogens is 2. The Labute approximate surface area is 99.1 Å². The number of imidazole rings is 1. The zero-order chi connectivity index (χ0) is 12.0. The van der Waals surface area contributed by atoms with E-state index in [-0.39, 0.29) is 0 Å². The number of rotatable bonds is 2. The molecule has 3 rings (SSSR count). The summed E-state index contributed by atoms with van der Waals surface area (Å²) < 4.78 is 2.06. The molecule has 0 aromatic carbocycles. The first-order valence-corrected chi connectivity index (χ1v) is 6.10. The summed E-state index contributed by atoms with van der Waals surface area (Å²) in [5.41, 5.74) is -0.309. The van der Waals surface area contributed by atoms with Crippen LogP contribution in [0.2, 0.25) is 0 Å². The smallest absolute Gasteiger partial charge is 0.316 e. The van der Waals surface area contributed by atoms with Gasteiger partial charge in [-0.25, -0.2) is 4.98 Å². The fraction of sp³-hybridized carbons (Fsp3) is 0.667. The van der Waals surface area contributed by atoms with Gasteiger partial charge < -0.3 is 14.8 Å². The number of nitrogens with zero attached hydrogens (tertiary/aromatic N) is 2. The number of aliphatic hydroxyl groups is 1. The average molecular weight is 236 g/mol. The minimum absolute atomic E-state index is 0.290. The molecule has 92 valence electrons. The van der Waals surface area contributed by atoms with Crippen molar-refractivity contribution in [2.75, 3.05) is 0 Å². The molecule has 2 N–H and O–H groups in total. The number of aliphatic hydroxyl groups excluding tert-OH is 1. The highest BCUT2D eigenvalue weighted by Crippen LogP contribution is 2.44. The summed E-state index contributed by atoms with van der Waals surface area (Å²) in [5, 5.41) is 18.8. The normalized spacial score (nSPS) is 31.7. The van der Waals surface area contributed by atoms with Crippen LogP contribution < -0.4 is 0 Å². The molecule has 0 atom stereocenters. The quantitative estimate of drug-likeness (QED) is 0.792. The lowest BCUT2D eigenvalue weighted by Gasteiger charge is -2.40. The maximum absolute atomic E-state index is 11.4. The number of hydrogen-bond donors (Lipinski definition) is 2. The molecule has 0 unspecified atom stereocenters. The molecule has 0 bridgehead atoms. The zero-order valence-electron chi connectivity index (χ0n) is 9.59. The van der Waals surface area contributed by atoms with Gasteiger partial charge in [0.15, 0.2) is 0 Å². The average Bonchev–Trinajstić information content (AvgIpc) is 2.67. The lowest BCUT2D eigenvalue weighted by molar-refractivity contribution is -0.153. The van der Waals surface area contributed by atoms with Gasteiger partial charge in [0.2, 0.25) is 0 Å². The van der Waals surface area contributed by atoms with Crippen LogP contribution in [0.4, 0.5) is 0 Å². The Balaban J connectivity index is 1.97. The Kier molecular flexibility index (Phi) is 2.26. The Bertz CT molecular complexity index is 437. The first kappa shape index (κ1) is 10.8. The molecule has 1 saturated carbocycles. The Morgan fingerprint density at radius 3 is 2.82 bits per heavy atom. The third-order valence-corrected chi connectivity index (χ3v) is 3.98. The Hall–Kier alpha value is -1.36. The highest BCUT2D eigenvalue weighted by atomic mass is 16.4. The number of carboxylic acids is 1. The van der Waals surface area contributed by atoms with Crippen LogP contribution >= 0.6 is 0 Å². The highest BCUT2D eigenvalue weighted by molar-refractivity contribution is 5.82. The number of carbonyl (C=O) groups is 1. The van der Waals surface area contributed by atoms with E-state index >= 15 is 0 Å². The van der Waals surface area contributed by atoms with E-state index in [1.54, 1.807) is 0 Å². The number of hydrogen-bond acceptors (Lipinski definition) is 3. The van der Waals surface area contributed by atoms with E-state index in [9.17, 15) is 15.0 Å². The van der Waals surface area contributed by atoms with Gasteiger partial charge in [-0.05, 0) is 25.7 Å². The molecule has 1 fully saturated rings. The molecule has 5 nitrogen and oxygen atoms in total. The van der Waals surface area contributed by atoms with Crippen molar-refractivity contribution in [2.24, 2.45) is 0 Å². The lowest BCUT2D eigenvalue weighted by Crippen LogP contribution is -2.50. The summed E-state index contributed by atoms with van der Waals surface area (Å²) in [5.74, 6) is 0.131. The summed E-state index contributed by atoms with van der Waals surface area (Å²) in [6.45, 7) is 0.931. The molecule has 0 spiro atoms. The number of fused-ring (bicyclic) bond motifs is 1. The summed E-state index contributed by atoms with van der Waals surface area (Å²) in [7, 11) is 0. The van der Waals surface area contributed by atoms with Crippen molar-refractivity contribution in [1.29, 1.82) is 0 Å². The fourth-order valence-corrected chi connectivity index (χ4v) is 2.88. The third-order valence-electron chi connectivity index (χ3n) is 3.98. The zero-order valence-corrected chi connectivity index (χ0v) is 9.59. The van der Waals surface area contributed by atoms with E-state index in [1.807, 2.05) is 6.20 Å². The second kappa shape index (κ2) is 3.57. The van der Waals surface area contributed by atoms with Gasteiger partial charge in [-0.1, -0.05) is 0 Å². The molecule has 1 aromatic heterocycles. The molecular formula is C12H16N2O3. The second-order valence-electron chi connectivity index (χ2n) is 5.14. The molecule has 1 aliphatic heterocycles. The predicted molar refractivity (Wildman–Crippen MR) is 59.7 cm³/mol. The van der Waals surface area contributed by atoms with E-state index < -0.39 is 17.5 Å². The lowest BCUT2D eigenvalue weighted by atomic mass is 9.65. The number of aryl methyl sites for hydroxylation is 2. The monoisotopic (exact) mass is 236 g/mol. The van der Waals surface area contributed by atoms with E-state index in [2.05, 4.69) is 9.55 Å². The number of carboxylic acid groups (broad SMARTS) is 1. The van der Waals surface area contributed by atoms with Crippen LogP contribution in [0.3, 0.4) is 0 Å². The molecule has 5 heteroatoms. The topological polar surface area (TPSA) is 75.3 Å². The predicted octanol–water partition coefficient (Wildman–Crippen LogP) is 0.696. The standard InChI is InChI=1S/C12H16N2O3/c15-8-5-12(6-8,11(16)17)9-7-14-4-2-1-3-10(14)13-9/h7-8,15H,1-6H2,(H,16,17). The Morgan fingerprint density at radius 2 is 2.24 bits per heavy atom. The van der Waals surface area contributed by atoms with Crippen LogP contribution in [-0.2, 0) is 23.2 Å². The second-order valence-corrected chi connectivity index (χ2v) is 5.14. The van der Waals surface area contributed by atoms with Crippen LogP contribution in [0.15, 0.2) is 6.20 Å². The third kappa shape index (κ3) is 1.49. The van der Waals surface area contributed by atoms with Gasteiger partial charge in [0.1, 0.15) is 11.2 Å². The van der Waals surface area contributed by atoms with Gasteiger partial charge in [-0.3, -0.25) is 4.79 Å². The van der Waals surface area contributed by atoms with Crippen molar-refractivity contribution < 1.29 is 15.0 Å². The van der Waals surface area contributed by atoms with Gasteiger partial charge >= 0.3 is 5.97 Å². The van der Waals surface area contributed by atoms with Gasteiger partial charge in [0.25, 0.3) is 0 Å². The summed E-state index contributed by atoms with van der Waals surface area (Å²) in [4.78, 5) is 15.9. The molecule has 0 amide bonds. The first-order valence-electron chi connectivity index (χ1n) is 6.10. The molecule has 2 aliphatic rings. The van der Waals surface area contributed by atoms with Crippen molar-refractivity contribution in [3.8, 4) is 0 Å². The first-order chi connectivity index (χ1) is 8.12. The van der Waals surface area contributed by atoms with Crippen LogP contribution in [0.25, 0.3) is 0 Å². The van der Waals surface area contributed by atoms with E-state index in [0.717, 1.165) is 31.6 Å². The summed E-state index contributed by atoms with van der Waals surface area (Å²) in [6.07, 6.45) is 5.14.